The third-order valence-electron chi connectivity index (χ3n) is 3.17. The molecule has 0 amide bonds. The Morgan fingerprint density at radius 3 is 2.94 bits per heavy atom. The fraction of sp³-hybridized carbons (Fsp3) is 0.750. The van der Waals surface area contributed by atoms with Crippen molar-refractivity contribution in [1.82, 2.24) is 14.7 Å². The molecule has 0 aliphatic carbocycles. The average Bonchev–Trinajstić information content (AvgIpc) is 2.66. The minimum absolute atomic E-state index is 0. The molecule has 2 N–H and O–H groups in total. The number of hydrogen-bond acceptors (Lipinski definition) is 3. The first kappa shape index (κ1) is 14.5. The zero-order valence-electron chi connectivity index (χ0n) is 10.7. The van der Waals surface area contributed by atoms with E-state index in [9.17, 15) is 0 Å². The summed E-state index contributed by atoms with van der Waals surface area (Å²) in [7, 11) is 0. The van der Waals surface area contributed by atoms with Gasteiger partial charge in [0.2, 0.25) is 0 Å². The molecule has 2 heterocycles. The standard InChI is InChI=1S/C12H22N4.ClH/c1-10(2)16-12(5-6-14-16)9-15-7-3-4-11(13)8-15;/h5-6,10-11H,3-4,7-9,13H2,1-2H3;1H. The molecule has 5 heteroatoms. The van der Waals surface area contributed by atoms with Crippen LogP contribution in [0.4, 0.5) is 0 Å². The summed E-state index contributed by atoms with van der Waals surface area (Å²) in [5, 5.41) is 4.36. The van der Waals surface area contributed by atoms with Crippen molar-refractivity contribution >= 4 is 12.4 Å². The molecule has 4 nitrogen and oxygen atoms in total. The first-order valence-corrected chi connectivity index (χ1v) is 6.17. The molecule has 0 spiro atoms. The summed E-state index contributed by atoms with van der Waals surface area (Å²) in [5.74, 6) is 0. The van der Waals surface area contributed by atoms with Crippen molar-refractivity contribution in [3.05, 3.63) is 18.0 Å². The molecular weight excluding hydrogens is 236 g/mol. The Morgan fingerprint density at radius 2 is 2.29 bits per heavy atom. The molecule has 1 aliphatic rings. The highest BCUT2D eigenvalue weighted by atomic mass is 35.5. The number of nitrogens with two attached hydrogens (primary N) is 1. The number of likely N-dealkylation sites (tertiary alicyclic amines) is 1. The van der Waals surface area contributed by atoms with Gasteiger partial charge in [-0.2, -0.15) is 5.10 Å². The average molecular weight is 259 g/mol. The van der Waals surface area contributed by atoms with Crippen LogP contribution in [0.1, 0.15) is 38.4 Å². The van der Waals surface area contributed by atoms with E-state index in [1.165, 1.54) is 18.5 Å². The fourth-order valence-electron chi connectivity index (χ4n) is 2.40. The molecule has 1 saturated heterocycles. The highest BCUT2D eigenvalue weighted by Gasteiger charge is 2.18. The molecule has 2 rings (SSSR count). The van der Waals surface area contributed by atoms with Crippen LogP contribution in [-0.2, 0) is 6.54 Å². The van der Waals surface area contributed by atoms with E-state index < -0.39 is 0 Å². The van der Waals surface area contributed by atoms with Gasteiger partial charge in [-0.05, 0) is 39.3 Å². The zero-order valence-corrected chi connectivity index (χ0v) is 11.5. The molecule has 0 aromatic carbocycles. The number of rotatable bonds is 3. The first-order valence-electron chi connectivity index (χ1n) is 6.17. The largest absolute Gasteiger partial charge is 0.327 e. The molecule has 1 aliphatic heterocycles. The lowest BCUT2D eigenvalue weighted by atomic mass is 10.1. The van der Waals surface area contributed by atoms with Crippen molar-refractivity contribution in [3.63, 3.8) is 0 Å². The van der Waals surface area contributed by atoms with Gasteiger partial charge in [-0.15, -0.1) is 12.4 Å². The molecule has 0 radical (unpaired) electrons. The second-order valence-corrected chi connectivity index (χ2v) is 5.00. The van der Waals surface area contributed by atoms with Crippen LogP contribution >= 0.6 is 12.4 Å². The van der Waals surface area contributed by atoms with Gasteiger partial charge in [0.25, 0.3) is 0 Å². The number of piperidine rings is 1. The van der Waals surface area contributed by atoms with Crippen LogP contribution in [0, 0.1) is 0 Å². The summed E-state index contributed by atoms with van der Waals surface area (Å²) >= 11 is 0. The Kier molecular flexibility index (Phi) is 5.43. The minimum atomic E-state index is 0. The van der Waals surface area contributed by atoms with Gasteiger partial charge in [-0.3, -0.25) is 9.58 Å². The van der Waals surface area contributed by atoms with Crippen molar-refractivity contribution < 1.29 is 0 Å². The molecule has 98 valence electrons. The van der Waals surface area contributed by atoms with Crippen molar-refractivity contribution in [2.45, 2.75) is 45.3 Å². The van der Waals surface area contributed by atoms with Gasteiger partial charge in [0.05, 0.1) is 5.69 Å². The molecule has 0 bridgehead atoms. The fourth-order valence-corrected chi connectivity index (χ4v) is 2.40. The predicted molar refractivity (Wildman–Crippen MR) is 72.3 cm³/mol. The van der Waals surface area contributed by atoms with Crippen LogP contribution in [-0.4, -0.2) is 33.8 Å². The third kappa shape index (κ3) is 3.69. The van der Waals surface area contributed by atoms with E-state index in [2.05, 4.69) is 34.6 Å². The molecule has 1 fully saturated rings. The number of hydrogen-bond donors (Lipinski definition) is 1. The van der Waals surface area contributed by atoms with Crippen molar-refractivity contribution in [2.24, 2.45) is 5.73 Å². The Morgan fingerprint density at radius 1 is 1.53 bits per heavy atom. The van der Waals surface area contributed by atoms with Crippen LogP contribution in [0.5, 0.6) is 0 Å². The van der Waals surface area contributed by atoms with E-state index >= 15 is 0 Å². The van der Waals surface area contributed by atoms with Crippen molar-refractivity contribution in [3.8, 4) is 0 Å². The van der Waals surface area contributed by atoms with Gasteiger partial charge in [0, 0.05) is 31.4 Å². The van der Waals surface area contributed by atoms with Crippen LogP contribution in [0.15, 0.2) is 12.3 Å². The van der Waals surface area contributed by atoms with Gasteiger partial charge >= 0.3 is 0 Å². The Balaban J connectivity index is 0.00000144. The number of nitrogens with zero attached hydrogens (tertiary/aromatic N) is 3. The summed E-state index contributed by atoms with van der Waals surface area (Å²) in [6.45, 7) is 7.49. The summed E-state index contributed by atoms with van der Waals surface area (Å²) in [6.07, 6.45) is 4.27. The molecular formula is C12H23ClN4. The summed E-state index contributed by atoms with van der Waals surface area (Å²) in [5.41, 5.74) is 7.28. The SMILES string of the molecule is CC(C)n1nccc1CN1CCCC(N)C1.Cl. The van der Waals surface area contributed by atoms with Gasteiger partial charge in [0.15, 0.2) is 0 Å². The van der Waals surface area contributed by atoms with Crippen LogP contribution in [0.3, 0.4) is 0 Å². The van der Waals surface area contributed by atoms with E-state index in [-0.39, 0.29) is 12.4 Å². The smallest absolute Gasteiger partial charge is 0.0527 e. The maximum atomic E-state index is 5.99. The normalized spacial score (nSPS) is 21.5. The Hall–Kier alpha value is -0.580. The summed E-state index contributed by atoms with van der Waals surface area (Å²) in [4.78, 5) is 2.43. The van der Waals surface area contributed by atoms with Gasteiger partial charge in [0.1, 0.15) is 0 Å². The number of aromatic nitrogens is 2. The van der Waals surface area contributed by atoms with Crippen molar-refractivity contribution in [1.29, 1.82) is 0 Å². The second kappa shape index (κ2) is 6.38. The third-order valence-corrected chi connectivity index (χ3v) is 3.17. The molecule has 17 heavy (non-hydrogen) atoms. The Labute approximate surface area is 110 Å². The van der Waals surface area contributed by atoms with Gasteiger partial charge in [-0.25, -0.2) is 0 Å². The van der Waals surface area contributed by atoms with E-state index in [1.54, 1.807) is 0 Å². The maximum absolute atomic E-state index is 5.99. The summed E-state index contributed by atoms with van der Waals surface area (Å²) in [6, 6.07) is 2.90. The summed E-state index contributed by atoms with van der Waals surface area (Å²) < 4.78 is 2.10. The van der Waals surface area contributed by atoms with Gasteiger partial charge < -0.3 is 5.73 Å². The van der Waals surface area contributed by atoms with E-state index in [4.69, 9.17) is 5.73 Å². The van der Waals surface area contributed by atoms with Crippen LogP contribution in [0.2, 0.25) is 0 Å². The molecule has 1 aromatic heterocycles. The first-order chi connectivity index (χ1) is 7.66. The zero-order chi connectivity index (χ0) is 11.5. The van der Waals surface area contributed by atoms with Crippen LogP contribution < -0.4 is 5.73 Å². The van der Waals surface area contributed by atoms with E-state index in [1.807, 2.05) is 6.20 Å². The monoisotopic (exact) mass is 258 g/mol. The maximum Gasteiger partial charge on any atom is 0.0527 e. The van der Waals surface area contributed by atoms with E-state index in [0.29, 0.717) is 12.1 Å². The lowest BCUT2D eigenvalue weighted by Gasteiger charge is -2.30. The second-order valence-electron chi connectivity index (χ2n) is 5.00. The molecule has 1 aromatic rings. The quantitative estimate of drug-likeness (QED) is 0.900. The molecule has 1 unspecified atom stereocenters. The van der Waals surface area contributed by atoms with Gasteiger partial charge in [-0.1, -0.05) is 0 Å². The Bertz CT molecular complexity index is 337. The molecule has 1 atom stereocenters. The molecule has 0 saturated carbocycles. The highest BCUT2D eigenvalue weighted by molar-refractivity contribution is 5.85. The topological polar surface area (TPSA) is 47.1 Å². The lowest BCUT2D eigenvalue weighted by molar-refractivity contribution is 0.195. The highest BCUT2D eigenvalue weighted by Crippen LogP contribution is 2.14. The number of halogens is 1. The van der Waals surface area contributed by atoms with Crippen molar-refractivity contribution in [2.75, 3.05) is 13.1 Å². The lowest BCUT2D eigenvalue weighted by Crippen LogP contribution is -2.42. The van der Waals surface area contributed by atoms with E-state index in [0.717, 1.165) is 19.6 Å². The minimum Gasteiger partial charge on any atom is -0.327 e. The van der Waals surface area contributed by atoms with Crippen LogP contribution in [0.25, 0.3) is 0 Å². The predicted octanol–water partition coefficient (Wildman–Crippen LogP) is 1.81.